The lowest BCUT2D eigenvalue weighted by Crippen LogP contribution is -2.53. The fraction of sp³-hybridized carbons (Fsp3) is 0.600. The molecule has 2 rings (SSSR count). The van der Waals surface area contributed by atoms with Gasteiger partial charge in [0.2, 0.25) is 0 Å². The molecular formula is C15H23FN2O. The van der Waals surface area contributed by atoms with E-state index in [0.29, 0.717) is 12.5 Å². The van der Waals surface area contributed by atoms with Crippen LogP contribution in [-0.4, -0.2) is 42.8 Å². The second-order valence-corrected chi connectivity index (χ2v) is 5.50. The van der Waals surface area contributed by atoms with E-state index in [4.69, 9.17) is 10.5 Å². The summed E-state index contributed by atoms with van der Waals surface area (Å²) in [4.78, 5) is 2.37. The molecule has 1 saturated heterocycles. The average molecular weight is 266 g/mol. The summed E-state index contributed by atoms with van der Waals surface area (Å²) in [5, 5.41) is 0. The molecule has 1 aliphatic rings. The van der Waals surface area contributed by atoms with Crippen molar-refractivity contribution in [2.45, 2.75) is 38.5 Å². The molecule has 4 heteroatoms. The Morgan fingerprint density at radius 3 is 2.95 bits per heavy atom. The van der Waals surface area contributed by atoms with Gasteiger partial charge in [0.25, 0.3) is 0 Å². The van der Waals surface area contributed by atoms with Gasteiger partial charge in [-0.15, -0.1) is 0 Å². The largest absolute Gasteiger partial charge is 0.374 e. The molecule has 2 atom stereocenters. The molecule has 0 aromatic heterocycles. The minimum Gasteiger partial charge on any atom is -0.374 e. The number of halogens is 1. The molecule has 1 heterocycles. The Morgan fingerprint density at radius 2 is 2.26 bits per heavy atom. The minimum absolute atomic E-state index is 0.0272. The van der Waals surface area contributed by atoms with Crippen LogP contribution in [0.2, 0.25) is 0 Å². The van der Waals surface area contributed by atoms with Crippen molar-refractivity contribution in [2.75, 3.05) is 19.7 Å². The molecule has 2 N–H and O–H groups in total. The maximum absolute atomic E-state index is 13.1. The number of hydrogen-bond donors (Lipinski definition) is 1. The lowest BCUT2D eigenvalue weighted by molar-refractivity contribution is -0.0495. The normalized spacial score (nSPS) is 22.7. The summed E-state index contributed by atoms with van der Waals surface area (Å²) in [6.45, 7) is 6.90. The van der Waals surface area contributed by atoms with Gasteiger partial charge in [-0.2, -0.15) is 0 Å². The zero-order chi connectivity index (χ0) is 13.8. The van der Waals surface area contributed by atoms with Crippen LogP contribution in [0, 0.1) is 5.82 Å². The molecule has 0 saturated carbocycles. The fourth-order valence-electron chi connectivity index (χ4n) is 2.49. The van der Waals surface area contributed by atoms with Crippen molar-refractivity contribution in [1.29, 1.82) is 0 Å². The summed E-state index contributed by atoms with van der Waals surface area (Å²) in [6.07, 6.45) is 0.674. The Morgan fingerprint density at radius 1 is 1.47 bits per heavy atom. The van der Waals surface area contributed by atoms with E-state index in [1.54, 1.807) is 12.1 Å². The van der Waals surface area contributed by atoms with Crippen LogP contribution in [0.3, 0.4) is 0 Å². The van der Waals surface area contributed by atoms with Gasteiger partial charge in [-0.25, -0.2) is 4.39 Å². The predicted molar refractivity (Wildman–Crippen MR) is 74.5 cm³/mol. The molecule has 1 aromatic carbocycles. The first-order valence-electron chi connectivity index (χ1n) is 6.92. The lowest BCUT2D eigenvalue weighted by atomic mass is 10.0. The lowest BCUT2D eigenvalue weighted by Gasteiger charge is -2.37. The number of rotatable bonds is 4. The van der Waals surface area contributed by atoms with E-state index in [1.165, 1.54) is 6.07 Å². The van der Waals surface area contributed by atoms with E-state index in [-0.39, 0.29) is 18.0 Å². The highest BCUT2D eigenvalue weighted by molar-refractivity contribution is 5.17. The topological polar surface area (TPSA) is 38.5 Å². The summed E-state index contributed by atoms with van der Waals surface area (Å²) in [5.41, 5.74) is 7.15. The van der Waals surface area contributed by atoms with Crippen LogP contribution in [0.15, 0.2) is 24.3 Å². The summed E-state index contributed by atoms with van der Waals surface area (Å²) < 4.78 is 18.9. The van der Waals surface area contributed by atoms with Gasteiger partial charge in [0.15, 0.2) is 0 Å². The highest BCUT2D eigenvalue weighted by Crippen LogP contribution is 2.14. The van der Waals surface area contributed by atoms with Crippen molar-refractivity contribution in [3.05, 3.63) is 35.6 Å². The highest BCUT2D eigenvalue weighted by atomic mass is 19.1. The predicted octanol–water partition coefficient (Wildman–Crippen LogP) is 1.80. The van der Waals surface area contributed by atoms with E-state index >= 15 is 0 Å². The quantitative estimate of drug-likeness (QED) is 0.903. The van der Waals surface area contributed by atoms with Gasteiger partial charge >= 0.3 is 0 Å². The van der Waals surface area contributed by atoms with E-state index in [2.05, 4.69) is 18.7 Å². The van der Waals surface area contributed by atoms with Gasteiger partial charge in [-0.1, -0.05) is 12.1 Å². The smallest absolute Gasteiger partial charge is 0.123 e. The van der Waals surface area contributed by atoms with Crippen LogP contribution in [0.1, 0.15) is 19.4 Å². The third kappa shape index (κ3) is 4.00. The van der Waals surface area contributed by atoms with Gasteiger partial charge in [0.05, 0.1) is 12.7 Å². The number of ether oxygens (including phenoxy) is 1. The molecule has 3 nitrogen and oxygen atoms in total. The molecule has 19 heavy (non-hydrogen) atoms. The van der Waals surface area contributed by atoms with Crippen LogP contribution in [0.5, 0.6) is 0 Å². The Bertz CT molecular complexity index is 411. The minimum atomic E-state index is -0.210. The molecule has 0 radical (unpaired) electrons. The standard InChI is InChI=1S/C15H23FN2O/c1-11(2)18-6-7-19-15(10-18)14(17)9-12-4-3-5-13(16)8-12/h3-5,8,11,14-15H,6-7,9-10,17H2,1-2H3. The summed E-state index contributed by atoms with van der Waals surface area (Å²) in [5.74, 6) is -0.210. The van der Waals surface area contributed by atoms with Crippen LogP contribution in [0.4, 0.5) is 4.39 Å². The van der Waals surface area contributed by atoms with Crippen molar-refractivity contribution >= 4 is 0 Å². The first kappa shape index (κ1) is 14.4. The van der Waals surface area contributed by atoms with E-state index in [0.717, 1.165) is 25.3 Å². The van der Waals surface area contributed by atoms with E-state index < -0.39 is 0 Å². The first-order valence-corrected chi connectivity index (χ1v) is 6.92. The SMILES string of the molecule is CC(C)N1CCOC(C(N)Cc2cccc(F)c2)C1. The average Bonchev–Trinajstić information content (AvgIpc) is 2.39. The molecule has 0 amide bonds. The number of nitrogens with two attached hydrogens (primary N) is 1. The molecule has 0 aliphatic carbocycles. The summed E-state index contributed by atoms with van der Waals surface area (Å²) in [6, 6.07) is 7.04. The Balaban J connectivity index is 1.94. The second kappa shape index (κ2) is 6.46. The van der Waals surface area contributed by atoms with Crippen LogP contribution in [-0.2, 0) is 11.2 Å². The van der Waals surface area contributed by atoms with Gasteiger partial charge in [0.1, 0.15) is 5.82 Å². The van der Waals surface area contributed by atoms with Crippen LogP contribution >= 0.6 is 0 Å². The van der Waals surface area contributed by atoms with Gasteiger partial charge < -0.3 is 10.5 Å². The number of hydrogen-bond acceptors (Lipinski definition) is 3. The van der Waals surface area contributed by atoms with Crippen molar-refractivity contribution in [2.24, 2.45) is 5.73 Å². The number of benzene rings is 1. The van der Waals surface area contributed by atoms with Gasteiger partial charge in [0, 0.05) is 25.2 Å². The maximum atomic E-state index is 13.1. The van der Waals surface area contributed by atoms with Crippen molar-refractivity contribution < 1.29 is 9.13 Å². The van der Waals surface area contributed by atoms with Gasteiger partial charge in [-0.3, -0.25) is 4.90 Å². The van der Waals surface area contributed by atoms with Crippen molar-refractivity contribution in [3.63, 3.8) is 0 Å². The molecule has 1 aromatic rings. The van der Waals surface area contributed by atoms with Crippen LogP contribution < -0.4 is 5.73 Å². The van der Waals surface area contributed by atoms with E-state index in [1.807, 2.05) is 6.07 Å². The summed E-state index contributed by atoms with van der Waals surface area (Å²) in [7, 11) is 0. The van der Waals surface area contributed by atoms with Crippen molar-refractivity contribution in [1.82, 2.24) is 4.90 Å². The van der Waals surface area contributed by atoms with Crippen molar-refractivity contribution in [3.8, 4) is 0 Å². The zero-order valence-corrected chi connectivity index (χ0v) is 11.7. The molecule has 0 bridgehead atoms. The second-order valence-electron chi connectivity index (χ2n) is 5.50. The molecule has 1 aliphatic heterocycles. The van der Waals surface area contributed by atoms with E-state index in [9.17, 15) is 4.39 Å². The Hall–Kier alpha value is -0.970. The number of morpholine rings is 1. The molecule has 2 unspecified atom stereocenters. The monoisotopic (exact) mass is 266 g/mol. The third-order valence-corrected chi connectivity index (χ3v) is 3.69. The Labute approximate surface area is 114 Å². The third-order valence-electron chi connectivity index (χ3n) is 3.69. The first-order chi connectivity index (χ1) is 9.06. The highest BCUT2D eigenvalue weighted by Gasteiger charge is 2.27. The molecule has 1 fully saturated rings. The zero-order valence-electron chi connectivity index (χ0n) is 11.7. The maximum Gasteiger partial charge on any atom is 0.123 e. The molecule has 106 valence electrons. The fourth-order valence-corrected chi connectivity index (χ4v) is 2.49. The Kier molecular flexibility index (Phi) is 4.91. The van der Waals surface area contributed by atoms with Crippen LogP contribution in [0.25, 0.3) is 0 Å². The summed E-state index contributed by atoms with van der Waals surface area (Å²) >= 11 is 0. The molecule has 0 spiro atoms. The number of nitrogens with zero attached hydrogens (tertiary/aromatic N) is 1. The molecular weight excluding hydrogens is 243 g/mol. The van der Waals surface area contributed by atoms with Gasteiger partial charge in [-0.05, 0) is 38.0 Å².